The second-order valence-corrected chi connectivity index (χ2v) is 12.5. The minimum absolute atomic E-state index is 0.0452. The molecule has 2 aliphatic heterocycles. The maximum atomic E-state index is 13.1. The molecule has 230 valence electrons. The summed E-state index contributed by atoms with van der Waals surface area (Å²) in [6.45, 7) is 8.07. The molecule has 1 aromatic carbocycles. The van der Waals surface area contributed by atoms with Gasteiger partial charge in [0.15, 0.2) is 0 Å². The van der Waals surface area contributed by atoms with Crippen LogP contribution in [-0.4, -0.2) is 75.2 Å². The van der Waals surface area contributed by atoms with E-state index in [1.165, 1.54) is 5.56 Å². The molecule has 0 saturated carbocycles. The quantitative estimate of drug-likeness (QED) is 0.295. The number of pyridine rings is 2. The van der Waals surface area contributed by atoms with Crippen molar-refractivity contribution in [1.82, 2.24) is 24.8 Å². The fraction of sp³-hybridized carbons (Fsp3) is 0.412. The third-order valence-electron chi connectivity index (χ3n) is 8.20. The summed E-state index contributed by atoms with van der Waals surface area (Å²) in [7, 11) is 1.87. The van der Waals surface area contributed by atoms with E-state index in [1.54, 1.807) is 17.3 Å². The van der Waals surface area contributed by atoms with Crippen molar-refractivity contribution < 1.29 is 23.8 Å². The molecule has 10 nitrogen and oxygen atoms in total. The van der Waals surface area contributed by atoms with E-state index in [0.29, 0.717) is 49.1 Å². The molecule has 5 heterocycles. The Hall–Kier alpha value is -4.44. The highest BCUT2D eigenvalue weighted by molar-refractivity contribution is 5.98. The number of amides is 2. The van der Waals surface area contributed by atoms with Gasteiger partial charge in [0.05, 0.1) is 17.5 Å². The Bertz CT molecular complexity index is 1670. The number of aromatic amines is 1. The molecule has 0 radical (unpaired) electrons. The molecule has 4 aromatic rings. The van der Waals surface area contributed by atoms with Crippen molar-refractivity contribution >= 4 is 23.0 Å². The maximum absolute atomic E-state index is 13.1. The van der Waals surface area contributed by atoms with Crippen molar-refractivity contribution in [2.45, 2.75) is 64.6 Å². The molecular weight excluding hydrogens is 558 g/mol. The number of benzene rings is 1. The standard InChI is InChI=1S/C34H39N5O5/c1-34(2,3)44-33(41)39-14-9-22-5-6-27(18-24(22)21-39)43-29-8-13-36-32-31(29)28(20-37-32)23-7-12-35-25(17-23)19-30(40)38(4)26-10-15-42-16-11-26/h5-8,12-13,17-18,20,26H,9-11,14-16,19,21H2,1-4H3,(H,36,37). The van der Waals surface area contributed by atoms with Crippen molar-refractivity contribution in [3.63, 3.8) is 0 Å². The first-order valence-corrected chi connectivity index (χ1v) is 15.2. The molecule has 2 aliphatic rings. The van der Waals surface area contributed by atoms with Crippen LogP contribution in [0.5, 0.6) is 11.5 Å². The Kier molecular flexibility index (Phi) is 8.27. The normalized spacial score (nSPS) is 15.6. The highest BCUT2D eigenvalue weighted by Crippen LogP contribution is 2.37. The van der Waals surface area contributed by atoms with E-state index in [9.17, 15) is 9.59 Å². The van der Waals surface area contributed by atoms with Crippen LogP contribution in [0.3, 0.4) is 0 Å². The number of nitrogens with zero attached hydrogens (tertiary/aromatic N) is 4. The molecule has 0 aliphatic carbocycles. The molecule has 1 fully saturated rings. The van der Waals surface area contributed by atoms with Crippen LogP contribution < -0.4 is 4.74 Å². The Morgan fingerprint density at radius 3 is 2.66 bits per heavy atom. The average Bonchev–Trinajstić information content (AvgIpc) is 3.45. The van der Waals surface area contributed by atoms with Crippen molar-refractivity contribution in [2.75, 3.05) is 26.8 Å². The zero-order valence-electron chi connectivity index (χ0n) is 25.8. The number of nitrogens with one attached hydrogen (secondary N) is 1. The Labute approximate surface area is 257 Å². The lowest BCUT2D eigenvalue weighted by atomic mass is 10.00. The van der Waals surface area contributed by atoms with Crippen molar-refractivity contribution in [3.8, 4) is 22.6 Å². The number of rotatable bonds is 6. The largest absolute Gasteiger partial charge is 0.457 e. The Morgan fingerprint density at radius 2 is 1.86 bits per heavy atom. The summed E-state index contributed by atoms with van der Waals surface area (Å²) in [6.07, 6.45) is 7.74. The molecule has 3 aromatic heterocycles. The summed E-state index contributed by atoms with van der Waals surface area (Å²) in [4.78, 5) is 41.7. The smallest absolute Gasteiger partial charge is 0.410 e. The Balaban J connectivity index is 1.22. The number of aromatic nitrogens is 3. The number of fused-ring (bicyclic) bond motifs is 2. The van der Waals surface area contributed by atoms with Gasteiger partial charge in [0, 0.05) is 63.5 Å². The molecule has 10 heteroatoms. The topological polar surface area (TPSA) is 110 Å². The number of hydrogen-bond acceptors (Lipinski definition) is 7. The van der Waals surface area contributed by atoms with Crippen LogP contribution in [0.2, 0.25) is 0 Å². The third kappa shape index (κ3) is 6.55. The molecule has 0 bridgehead atoms. The summed E-state index contributed by atoms with van der Waals surface area (Å²) in [6, 6.07) is 12.0. The third-order valence-corrected chi connectivity index (χ3v) is 8.20. The summed E-state index contributed by atoms with van der Waals surface area (Å²) in [5, 5.41) is 0.836. The fourth-order valence-corrected chi connectivity index (χ4v) is 5.84. The number of hydrogen-bond donors (Lipinski definition) is 1. The van der Waals surface area contributed by atoms with Gasteiger partial charge in [0.25, 0.3) is 0 Å². The van der Waals surface area contributed by atoms with E-state index >= 15 is 0 Å². The van der Waals surface area contributed by atoms with Gasteiger partial charge in [0.1, 0.15) is 22.7 Å². The molecule has 2 amide bonds. The Morgan fingerprint density at radius 1 is 1.07 bits per heavy atom. The molecule has 6 rings (SSSR count). The number of likely N-dealkylation sites (N-methyl/N-ethyl adjacent to an activating group) is 1. The second kappa shape index (κ2) is 12.3. The summed E-state index contributed by atoms with van der Waals surface area (Å²) in [5.74, 6) is 1.37. The summed E-state index contributed by atoms with van der Waals surface area (Å²) >= 11 is 0. The molecule has 1 N–H and O–H groups in total. The van der Waals surface area contributed by atoms with Gasteiger partial charge in [-0.1, -0.05) is 6.07 Å². The monoisotopic (exact) mass is 597 g/mol. The highest BCUT2D eigenvalue weighted by Gasteiger charge is 2.26. The molecule has 0 unspecified atom stereocenters. The minimum atomic E-state index is -0.546. The summed E-state index contributed by atoms with van der Waals surface area (Å²) < 4.78 is 17.5. The van der Waals surface area contributed by atoms with Crippen LogP contribution in [0.15, 0.2) is 55.0 Å². The predicted molar refractivity (Wildman–Crippen MR) is 167 cm³/mol. The first-order chi connectivity index (χ1) is 21.1. The zero-order chi connectivity index (χ0) is 30.8. The van der Waals surface area contributed by atoms with E-state index in [4.69, 9.17) is 14.2 Å². The minimum Gasteiger partial charge on any atom is -0.457 e. The van der Waals surface area contributed by atoms with Crippen LogP contribution in [0, 0.1) is 0 Å². The van der Waals surface area contributed by atoms with Gasteiger partial charge < -0.3 is 29.0 Å². The predicted octanol–water partition coefficient (Wildman–Crippen LogP) is 5.89. The molecule has 1 saturated heterocycles. The van der Waals surface area contributed by atoms with Crippen molar-refractivity contribution in [2.24, 2.45) is 0 Å². The van der Waals surface area contributed by atoms with E-state index in [1.807, 2.05) is 69.2 Å². The fourth-order valence-electron chi connectivity index (χ4n) is 5.84. The number of H-pyrrole nitrogens is 1. The van der Waals surface area contributed by atoms with E-state index in [-0.39, 0.29) is 24.5 Å². The zero-order valence-corrected chi connectivity index (χ0v) is 25.8. The lowest BCUT2D eigenvalue weighted by Crippen LogP contribution is -2.41. The van der Waals surface area contributed by atoms with Gasteiger partial charge in [-0.2, -0.15) is 0 Å². The first kappa shape index (κ1) is 29.6. The SMILES string of the molecule is CN(C(=O)Cc1cc(-c2c[nH]c3nccc(Oc4ccc5c(c4)CN(C(=O)OC(C)(C)C)CC5)c23)ccn1)C1CCOCC1. The van der Waals surface area contributed by atoms with Gasteiger partial charge in [-0.3, -0.25) is 9.78 Å². The second-order valence-electron chi connectivity index (χ2n) is 12.5. The van der Waals surface area contributed by atoms with Gasteiger partial charge in [-0.15, -0.1) is 0 Å². The van der Waals surface area contributed by atoms with Crippen LogP contribution in [0.25, 0.3) is 22.2 Å². The molecule has 0 atom stereocenters. The lowest BCUT2D eigenvalue weighted by molar-refractivity contribution is -0.132. The van der Waals surface area contributed by atoms with E-state index in [2.05, 4.69) is 21.0 Å². The van der Waals surface area contributed by atoms with Gasteiger partial charge in [-0.05, 0) is 87.1 Å². The van der Waals surface area contributed by atoms with Crippen LogP contribution in [-0.2, 0) is 33.7 Å². The van der Waals surface area contributed by atoms with Crippen LogP contribution >= 0.6 is 0 Å². The molecular formula is C34H39N5O5. The van der Waals surface area contributed by atoms with E-state index < -0.39 is 5.60 Å². The highest BCUT2D eigenvalue weighted by atomic mass is 16.6. The lowest BCUT2D eigenvalue weighted by Gasteiger charge is -2.31. The van der Waals surface area contributed by atoms with Crippen molar-refractivity contribution in [3.05, 3.63) is 71.8 Å². The van der Waals surface area contributed by atoms with Gasteiger partial charge >= 0.3 is 6.09 Å². The van der Waals surface area contributed by atoms with Gasteiger partial charge in [0.2, 0.25) is 5.91 Å². The number of carbonyl (C=O) groups excluding carboxylic acids is 2. The van der Waals surface area contributed by atoms with E-state index in [0.717, 1.165) is 41.3 Å². The number of carbonyl (C=O) groups is 2. The molecule has 0 spiro atoms. The molecule has 44 heavy (non-hydrogen) atoms. The first-order valence-electron chi connectivity index (χ1n) is 15.2. The van der Waals surface area contributed by atoms with Crippen LogP contribution in [0.1, 0.15) is 50.4 Å². The van der Waals surface area contributed by atoms with Crippen LogP contribution in [0.4, 0.5) is 4.79 Å². The maximum Gasteiger partial charge on any atom is 0.410 e. The van der Waals surface area contributed by atoms with Crippen molar-refractivity contribution in [1.29, 1.82) is 0 Å². The van der Waals surface area contributed by atoms with Gasteiger partial charge in [-0.25, -0.2) is 9.78 Å². The summed E-state index contributed by atoms with van der Waals surface area (Å²) in [5.41, 5.74) is 4.91. The average molecular weight is 598 g/mol. The number of ether oxygens (including phenoxy) is 3.